The fraction of sp³-hybridized carbons (Fsp3) is 0.394. The molecule has 250 valence electrons. The lowest BCUT2D eigenvalue weighted by Gasteiger charge is -2.35. The van der Waals surface area contributed by atoms with Crippen LogP contribution in [0.15, 0.2) is 42.6 Å². The van der Waals surface area contributed by atoms with Gasteiger partial charge in [0.2, 0.25) is 11.6 Å². The molecule has 7 rings (SSSR count). The summed E-state index contributed by atoms with van der Waals surface area (Å²) in [6, 6.07) is 10.5. The summed E-state index contributed by atoms with van der Waals surface area (Å²) >= 11 is 5.90. The first-order chi connectivity index (χ1) is 22.8. The molecule has 0 unspecified atom stereocenters. The summed E-state index contributed by atoms with van der Waals surface area (Å²) < 4.78 is 97.0. The van der Waals surface area contributed by atoms with Crippen LogP contribution in [0.1, 0.15) is 60.3 Å². The van der Waals surface area contributed by atoms with E-state index in [2.05, 4.69) is 21.1 Å². The average Bonchev–Trinajstić information content (AvgIpc) is 3.43. The van der Waals surface area contributed by atoms with Crippen molar-refractivity contribution in [1.82, 2.24) is 25.1 Å². The maximum Gasteiger partial charge on any atom is 0.451 e. The zero-order valence-corrected chi connectivity index (χ0v) is 26.1. The fourth-order valence-corrected chi connectivity index (χ4v) is 6.57. The van der Waals surface area contributed by atoms with E-state index >= 15 is 4.39 Å². The molecular formula is C33H27ClF6N6O2. The Labute approximate surface area is 275 Å². The van der Waals surface area contributed by atoms with Crippen LogP contribution in [0.25, 0.3) is 11.4 Å². The second-order valence-corrected chi connectivity index (χ2v) is 13.1. The SMILES string of the molecule is C[C@@]1(c2ccc(Cl)cc2F)Oc2c(F)ccc([C@H]3CCN(Cc4ncc(-c5n[nH]c(C(F)(F)F)n5)cc4CC4(C#N)CC4)C[C@@H]3F)c2O1. The van der Waals surface area contributed by atoms with Crippen LogP contribution in [0.5, 0.6) is 11.5 Å². The molecule has 2 aromatic carbocycles. The quantitative estimate of drug-likeness (QED) is 0.199. The van der Waals surface area contributed by atoms with Crippen molar-refractivity contribution in [3.8, 4) is 29.0 Å². The second-order valence-electron chi connectivity index (χ2n) is 12.6. The van der Waals surface area contributed by atoms with E-state index in [1.165, 1.54) is 37.4 Å². The molecule has 3 atom stereocenters. The second kappa shape index (κ2) is 11.7. The Morgan fingerprint density at radius 2 is 1.88 bits per heavy atom. The topological polar surface area (TPSA) is 100.0 Å². The number of nitriles is 1. The van der Waals surface area contributed by atoms with E-state index in [9.17, 15) is 27.2 Å². The van der Waals surface area contributed by atoms with E-state index in [0.29, 0.717) is 49.0 Å². The first-order valence-corrected chi connectivity index (χ1v) is 15.6. The van der Waals surface area contributed by atoms with E-state index < -0.39 is 46.9 Å². The molecule has 0 bridgehead atoms. The van der Waals surface area contributed by atoms with Gasteiger partial charge in [0.05, 0.1) is 22.7 Å². The Hall–Kier alpha value is -4.35. The highest BCUT2D eigenvalue weighted by Gasteiger charge is 2.46. The summed E-state index contributed by atoms with van der Waals surface area (Å²) in [6.45, 7) is 2.08. The van der Waals surface area contributed by atoms with Gasteiger partial charge in [0.25, 0.3) is 5.79 Å². The first kappa shape index (κ1) is 32.2. The highest BCUT2D eigenvalue weighted by atomic mass is 35.5. The average molecular weight is 689 g/mol. The highest BCUT2D eigenvalue weighted by Crippen LogP contribution is 2.52. The molecule has 15 heteroatoms. The molecule has 1 saturated carbocycles. The molecule has 3 aliphatic rings. The molecule has 2 aromatic heterocycles. The van der Waals surface area contributed by atoms with Gasteiger partial charge in [-0.1, -0.05) is 17.7 Å². The molecule has 2 fully saturated rings. The maximum atomic E-state index is 16.0. The lowest BCUT2D eigenvalue weighted by Crippen LogP contribution is -2.40. The Morgan fingerprint density at radius 3 is 2.54 bits per heavy atom. The third kappa shape index (κ3) is 5.94. The number of ether oxygens (including phenoxy) is 2. The van der Waals surface area contributed by atoms with Gasteiger partial charge in [-0.2, -0.15) is 23.5 Å². The number of nitrogens with zero attached hydrogens (tertiary/aromatic N) is 5. The zero-order valence-electron chi connectivity index (χ0n) is 25.3. The smallest absolute Gasteiger partial charge is 0.444 e. The Bertz CT molecular complexity index is 1940. The summed E-state index contributed by atoms with van der Waals surface area (Å²) in [5, 5.41) is 15.5. The van der Waals surface area contributed by atoms with Crippen LogP contribution in [0.2, 0.25) is 5.02 Å². The number of likely N-dealkylation sites (tertiary alicyclic amines) is 1. The van der Waals surface area contributed by atoms with Gasteiger partial charge in [-0.15, -0.1) is 0 Å². The van der Waals surface area contributed by atoms with Gasteiger partial charge in [0.15, 0.2) is 17.4 Å². The van der Waals surface area contributed by atoms with E-state index in [-0.39, 0.29) is 46.6 Å². The molecule has 2 aliphatic heterocycles. The largest absolute Gasteiger partial charge is 0.451 e. The third-order valence-corrected chi connectivity index (χ3v) is 9.43. The summed E-state index contributed by atoms with van der Waals surface area (Å²) in [4.78, 5) is 9.94. The Morgan fingerprint density at radius 1 is 1.10 bits per heavy atom. The van der Waals surface area contributed by atoms with Gasteiger partial charge in [0, 0.05) is 48.3 Å². The van der Waals surface area contributed by atoms with Crippen molar-refractivity contribution in [2.75, 3.05) is 13.1 Å². The van der Waals surface area contributed by atoms with E-state index in [1.807, 2.05) is 10.00 Å². The molecule has 4 heterocycles. The molecule has 48 heavy (non-hydrogen) atoms. The minimum Gasteiger partial charge on any atom is -0.444 e. The number of piperidine rings is 1. The van der Waals surface area contributed by atoms with Crippen LogP contribution in [-0.4, -0.2) is 44.3 Å². The lowest BCUT2D eigenvalue weighted by atomic mass is 9.86. The number of aromatic amines is 1. The fourth-order valence-electron chi connectivity index (χ4n) is 6.42. The minimum atomic E-state index is -4.70. The van der Waals surface area contributed by atoms with Crippen molar-refractivity contribution in [2.24, 2.45) is 5.41 Å². The summed E-state index contributed by atoms with van der Waals surface area (Å²) in [7, 11) is 0. The molecule has 1 saturated heterocycles. The number of benzene rings is 2. The van der Waals surface area contributed by atoms with Gasteiger partial charge in [-0.25, -0.2) is 18.2 Å². The monoisotopic (exact) mass is 688 g/mol. The molecular weight excluding hydrogens is 662 g/mol. The van der Waals surface area contributed by atoms with Crippen molar-refractivity contribution in [3.05, 3.63) is 87.5 Å². The summed E-state index contributed by atoms with van der Waals surface area (Å²) in [5.74, 6) is -5.46. The van der Waals surface area contributed by atoms with Crippen LogP contribution < -0.4 is 9.47 Å². The number of hydrogen-bond acceptors (Lipinski definition) is 7. The maximum absolute atomic E-state index is 16.0. The van der Waals surface area contributed by atoms with Crippen LogP contribution in [0, 0.1) is 28.4 Å². The molecule has 0 spiro atoms. The van der Waals surface area contributed by atoms with E-state index in [4.69, 9.17) is 21.1 Å². The number of halogens is 7. The number of alkyl halides is 4. The standard InChI is InChI=1S/C33H27ClF6N6O2/c1-31(22-4-2-19(34)11-24(22)36)47-27-21(3-5-23(35)28(27)48-31)20-6-9-46(14-25(20)37)15-26-17(12-32(16-41)7-8-32)10-18(13-42-26)29-43-30(45-44-29)33(38,39)40/h2-5,10-11,13,20,25H,6-9,12,14-15H2,1H3,(H,43,44,45)/t20-,25+,31+/m1/s1. The van der Waals surface area contributed by atoms with Crippen LogP contribution in [0.4, 0.5) is 26.3 Å². The molecule has 0 amide bonds. The van der Waals surface area contributed by atoms with E-state index in [0.717, 1.165) is 6.07 Å². The number of fused-ring (bicyclic) bond motifs is 1. The van der Waals surface area contributed by atoms with Gasteiger partial charge < -0.3 is 9.47 Å². The molecule has 0 radical (unpaired) electrons. The van der Waals surface area contributed by atoms with Gasteiger partial charge in [-0.3, -0.25) is 15.0 Å². The number of nitrogens with one attached hydrogen (secondary N) is 1. The molecule has 1 N–H and O–H groups in total. The summed E-state index contributed by atoms with van der Waals surface area (Å²) in [5.41, 5.74) is 1.29. The Kier molecular flexibility index (Phi) is 7.83. The van der Waals surface area contributed by atoms with Gasteiger partial charge in [0.1, 0.15) is 12.0 Å². The van der Waals surface area contributed by atoms with Crippen LogP contribution >= 0.6 is 11.6 Å². The van der Waals surface area contributed by atoms with Crippen LogP contribution in [-0.2, 0) is 24.9 Å². The predicted molar refractivity (Wildman–Crippen MR) is 160 cm³/mol. The molecule has 4 aromatic rings. The van der Waals surface area contributed by atoms with Crippen molar-refractivity contribution < 1.29 is 35.8 Å². The lowest BCUT2D eigenvalue weighted by molar-refractivity contribution is -0.144. The number of aromatic nitrogens is 4. The van der Waals surface area contributed by atoms with Gasteiger partial charge >= 0.3 is 6.18 Å². The normalized spacial score (nSPS) is 23.2. The number of pyridine rings is 1. The number of rotatable bonds is 7. The molecule has 1 aliphatic carbocycles. The highest BCUT2D eigenvalue weighted by molar-refractivity contribution is 6.30. The number of hydrogen-bond donors (Lipinski definition) is 1. The van der Waals surface area contributed by atoms with E-state index in [1.54, 1.807) is 6.07 Å². The summed E-state index contributed by atoms with van der Waals surface area (Å²) in [6.07, 6.45) is -2.73. The molecule has 8 nitrogen and oxygen atoms in total. The minimum absolute atomic E-state index is 0.00243. The van der Waals surface area contributed by atoms with Crippen molar-refractivity contribution in [1.29, 1.82) is 5.26 Å². The van der Waals surface area contributed by atoms with Gasteiger partial charge in [-0.05, 0) is 68.1 Å². The van der Waals surface area contributed by atoms with Crippen molar-refractivity contribution in [2.45, 2.75) is 63.2 Å². The number of H-pyrrole nitrogens is 1. The zero-order chi connectivity index (χ0) is 34.0. The van der Waals surface area contributed by atoms with Crippen molar-refractivity contribution >= 4 is 11.6 Å². The van der Waals surface area contributed by atoms with Crippen LogP contribution in [0.3, 0.4) is 0 Å². The predicted octanol–water partition coefficient (Wildman–Crippen LogP) is 7.64. The first-order valence-electron chi connectivity index (χ1n) is 15.2. The third-order valence-electron chi connectivity index (χ3n) is 9.20. The Balaban J connectivity index is 1.11. The van der Waals surface area contributed by atoms with Crippen molar-refractivity contribution in [3.63, 3.8) is 0 Å².